The number of benzene rings is 2. The van der Waals surface area contributed by atoms with Crippen LogP contribution in [-0.4, -0.2) is 28.5 Å². The van der Waals surface area contributed by atoms with Crippen molar-refractivity contribution in [2.75, 3.05) is 6.54 Å². The molecule has 1 aliphatic heterocycles. The topological polar surface area (TPSA) is 64.1 Å². The Morgan fingerprint density at radius 1 is 1.27 bits per heavy atom. The molecule has 1 N–H and O–H groups in total. The third kappa shape index (κ3) is 3.16. The SMILES string of the molecule is C=CCC(=O)NCC1Cc2c(ccc3cc(-c4ncccn4)ccc23)O1. The number of nitrogens with zero attached hydrogens (tertiary/aromatic N) is 2. The van der Waals surface area contributed by atoms with Gasteiger partial charge in [0.2, 0.25) is 5.91 Å². The van der Waals surface area contributed by atoms with Crippen LogP contribution in [0.2, 0.25) is 0 Å². The first-order valence-corrected chi connectivity index (χ1v) is 8.62. The summed E-state index contributed by atoms with van der Waals surface area (Å²) >= 11 is 0. The third-order valence-electron chi connectivity index (χ3n) is 4.49. The predicted octanol–water partition coefficient (Wildman–Crippen LogP) is 3.29. The molecule has 0 fully saturated rings. The average molecular weight is 345 g/mol. The number of hydrogen-bond acceptors (Lipinski definition) is 4. The highest BCUT2D eigenvalue weighted by Gasteiger charge is 2.25. The van der Waals surface area contributed by atoms with Crippen LogP contribution in [0.1, 0.15) is 12.0 Å². The fraction of sp³-hybridized carbons (Fsp3) is 0.190. The van der Waals surface area contributed by atoms with E-state index in [2.05, 4.69) is 40.1 Å². The van der Waals surface area contributed by atoms with E-state index in [0.717, 1.165) is 23.1 Å². The van der Waals surface area contributed by atoms with Crippen LogP contribution in [0.5, 0.6) is 5.75 Å². The van der Waals surface area contributed by atoms with Crippen molar-refractivity contribution in [2.45, 2.75) is 18.9 Å². The number of carbonyl (C=O) groups excluding carboxylic acids is 1. The Bertz CT molecular complexity index is 970. The molecule has 0 spiro atoms. The van der Waals surface area contributed by atoms with Crippen molar-refractivity contribution in [1.29, 1.82) is 0 Å². The molecule has 5 nitrogen and oxygen atoms in total. The quantitative estimate of drug-likeness (QED) is 0.721. The zero-order valence-corrected chi connectivity index (χ0v) is 14.3. The van der Waals surface area contributed by atoms with Crippen molar-refractivity contribution in [3.63, 3.8) is 0 Å². The molecule has 1 atom stereocenters. The van der Waals surface area contributed by atoms with Crippen LogP contribution in [0, 0.1) is 0 Å². The van der Waals surface area contributed by atoms with Crippen LogP contribution in [-0.2, 0) is 11.2 Å². The highest BCUT2D eigenvalue weighted by Crippen LogP contribution is 2.36. The van der Waals surface area contributed by atoms with Crippen LogP contribution in [0.3, 0.4) is 0 Å². The van der Waals surface area contributed by atoms with E-state index >= 15 is 0 Å². The van der Waals surface area contributed by atoms with Crippen molar-refractivity contribution in [3.05, 3.63) is 67.0 Å². The van der Waals surface area contributed by atoms with Gasteiger partial charge in [-0.15, -0.1) is 6.58 Å². The van der Waals surface area contributed by atoms with Gasteiger partial charge in [-0.2, -0.15) is 0 Å². The highest BCUT2D eigenvalue weighted by molar-refractivity contribution is 5.91. The largest absolute Gasteiger partial charge is 0.488 e. The van der Waals surface area contributed by atoms with Gasteiger partial charge in [0.15, 0.2) is 5.82 Å². The summed E-state index contributed by atoms with van der Waals surface area (Å²) in [6, 6.07) is 12.1. The first-order chi connectivity index (χ1) is 12.7. The normalized spacial score (nSPS) is 15.3. The molecule has 130 valence electrons. The van der Waals surface area contributed by atoms with Crippen molar-refractivity contribution in [1.82, 2.24) is 15.3 Å². The van der Waals surface area contributed by atoms with Gasteiger partial charge in [-0.25, -0.2) is 9.97 Å². The lowest BCUT2D eigenvalue weighted by Crippen LogP contribution is -2.34. The molecule has 0 aliphatic carbocycles. The molecule has 2 heterocycles. The second-order valence-electron chi connectivity index (χ2n) is 6.29. The van der Waals surface area contributed by atoms with Gasteiger partial charge in [0.05, 0.1) is 6.54 Å². The molecule has 1 amide bonds. The number of carbonyl (C=O) groups is 1. The van der Waals surface area contributed by atoms with E-state index in [1.165, 1.54) is 10.9 Å². The van der Waals surface area contributed by atoms with Gasteiger partial charge in [-0.1, -0.05) is 24.3 Å². The molecule has 5 heteroatoms. The van der Waals surface area contributed by atoms with Crippen molar-refractivity contribution in [3.8, 4) is 17.1 Å². The zero-order valence-electron chi connectivity index (χ0n) is 14.3. The maximum atomic E-state index is 11.6. The minimum atomic E-state index is -0.0403. The van der Waals surface area contributed by atoms with Crippen molar-refractivity contribution >= 4 is 16.7 Å². The minimum Gasteiger partial charge on any atom is -0.488 e. The van der Waals surface area contributed by atoms with Gasteiger partial charge < -0.3 is 10.1 Å². The van der Waals surface area contributed by atoms with Gasteiger partial charge in [0.1, 0.15) is 11.9 Å². The smallest absolute Gasteiger partial charge is 0.223 e. The van der Waals surface area contributed by atoms with E-state index in [1.54, 1.807) is 18.5 Å². The number of nitrogens with one attached hydrogen (secondary N) is 1. The predicted molar refractivity (Wildman–Crippen MR) is 101 cm³/mol. The second kappa shape index (κ2) is 6.96. The Labute approximate surface area is 151 Å². The van der Waals surface area contributed by atoms with E-state index in [4.69, 9.17) is 4.74 Å². The van der Waals surface area contributed by atoms with Gasteiger partial charge in [-0.05, 0) is 29.0 Å². The highest BCUT2D eigenvalue weighted by atomic mass is 16.5. The number of fused-ring (bicyclic) bond motifs is 3. The number of aromatic nitrogens is 2. The lowest BCUT2D eigenvalue weighted by atomic mass is 9.99. The lowest BCUT2D eigenvalue weighted by Gasteiger charge is -2.11. The molecule has 26 heavy (non-hydrogen) atoms. The monoisotopic (exact) mass is 345 g/mol. The van der Waals surface area contributed by atoms with Crippen LogP contribution in [0.25, 0.3) is 22.2 Å². The number of hydrogen-bond donors (Lipinski definition) is 1. The van der Waals surface area contributed by atoms with Crippen LogP contribution in [0.15, 0.2) is 61.4 Å². The first kappa shape index (κ1) is 16.3. The zero-order chi connectivity index (χ0) is 17.9. The summed E-state index contributed by atoms with van der Waals surface area (Å²) in [5.74, 6) is 1.58. The molecule has 1 unspecified atom stereocenters. The molecule has 0 saturated heterocycles. The van der Waals surface area contributed by atoms with Crippen molar-refractivity contribution in [2.24, 2.45) is 0 Å². The van der Waals surface area contributed by atoms with E-state index in [9.17, 15) is 4.79 Å². The summed E-state index contributed by atoms with van der Waals surface area (Å²) in [4.78, 5) is 20.2. The van der Waals surface area contributed by atoms with Crippen molar-refractivity contribution < 1.29 is 9.53 Å². The Hall–Kier alpha value is -3.21. The van der Waals surface area contributed by atoms with Crippen LogP contribution in [0.4, 0.5) is 0 Å². The number of ether oxygens (including phenoxy) is 1. The number of rotatable bonds is 5. The summed E-state index contributed by atoms with van der Waals surface area (Å²) < 4.78 is 5.99. The van der Waals surface area contributed by atoms with E-state index in [1.807, 2.05) is 18.2 Å². The maximum absolute atomic E-state index is 11.6. The molecule has 1 aliphatic rings. The van der Waals surface area contributed by atoms with Gasteiger partial charge in [0, 0.05) is 36.4 Å². The lowest BCUT2D eigenvalue weighted by molar-refractivity contribution is -0.120. The van der Waals surface area contributed by atoms with E-state index in [-0.39, 0.29) is 12.0 Å². The van der Waals surface area contributed by atoms with Gasteiger partial charge in [0.25, 0.3) is 0 Å². The number of amides is 1. The summed E-state index contributed by atoms with van der Waals surface area (Å²) in [7, 11) is 0. The summed E-state index contributed by atoms with van der Waals surface area (Å²) in [5.41, 5.74) is 2.18. The maximum Gasteiger partial charge on any atom is 0.223 e. The van der Waals surface area contributed by atoms with Crippen LogP contribution < -0.4 is 10.1 Å². The molecular weight excluding hydrogens is 326 g/mol. The average Bonchev–Trinajstić information content (AvgIpc) is 3.10. The summed E-state index contributed by atoms with van der Waals surface area (Å²) in [5, 5.41) is 5.19. The van der Waals surface area contributed by atoms with Gasteiger partial charge in [-0.3, -0.25) is 4.79 Å². The van der Waals surface area contributed by atoms with Crippen LogP contribution >= 0.6 is 0 Å². The molecule has 4 rings (SSSR count). The summed E-state index contributed by atoms with van der Waals surface area (Å²) in [6.45, 7) is 4.07. The standard InChI is InChI=1S/C21H19N3O2/c1-2-4-20(25)24-13-16-12-18-17-7-5-15(21-22-9-3-10-23-21)11-14(17)6-8-19(18)26-16/h2-3,5-11,16H,1,4,12-13H2,(H,24,25). The fourth-order valence-electron chi connectivity index (χ4n) is 3.28. The molecule has 2 aromatic carbocycles. The van der Waals surface area contributed by atoms with E-state index in [0.29, 0.717) is 18.8 Å². The minimum absolute atomic E-state index is 0.0306. The molecule has 0 saturated carbocycles. The molecular formula is C21H19N3O2. The Morgan fingerprint density at radius 2 is 2.12 bits per heavy atom. The Kier molecular flexibility index (Phi) is 4.35. The first-order valence-electron chi connectivity index (χ1n) is 8.62. The molecule has 3 aromatic rings. The van der Waals surface area contributed by atoms with E-state index < -0.39 is 0 Å². The summed E-state index contributed by atoms with van der Waals surface area (Å²) in [6.07, 6.45) is 6.15. The fourth-order valence-corrected chi connectivity index (χ4v) is 3.28. The molecule has 1 aromatic heterocycles. The Morgan fingerprint density at radius 3 is 2.92 bits per heavy atom. The Balaban J connectivity index is 1.57. The molecule has 0 bridgehead atoms. The third-order valence-corrected chi connectivity index (χ3v) is 4.49. The molecule has 0 radical (unpaired) electrons. The second-order valence-corrected chi connectivity index (χ2v) is 6.29. The van der Waals surface area contributed by atoms with Gasteiger partial charge >= 0.3 is 0 Å².